The van der Waals surface area contributed by atoms with Gasteiger partial charge in [-0.2, -0.15) is 0 Å². The molecule has 0 aromatic carbocycles. The van der Waals surface area contributed by atoms with E-state index in [0.29, 0.717) is 6.04 Å². The van der Waals surface area contributed by atoms with Crippen molar-refractivity contribution in [2.24, 2.45) is 17.6 Å². The summed E-state index contributed by atoms with van der Waals surface area (Å²) in [4.78, 5) is 2.85. The van der Waals surface area contributed by atoms with E-state index in [1.165, 1.54) is 83.7 Å². The van der Waals surface area contributed by atoms with Crippen LogP contribution in [0.4, 0.5) is 0 Å². The zero-order chi connectivity index (χ0) is 13.1. The molecule has 3 aliphatic rings. The molecule has 3 fully saturated rings. The smallest absolute Gasteiger partial charge is 0.0124 e. The molecule has 2 heteroatoms. The summed E-state index contributed by atoms with van der Waals surface area (Å²) < 4.78 is 0. The second-order valence-electron chi connectivity index (χ2n) is 7.31. The van der Waals surface area contributed by atoms with Crippen molar-refractivity contribution < 1.29 is 0 Å². The quantitative estimate of drug-likeness (QED) is 0.773. The average Bonchev–Trinajstić information content (AvgIpc) is 2.65. The number of fused-ring (bicyclic) bond motifs is 1. The molecule has 0 spiro atoms. The first-order valence-corrected chi connectivity index (χ1v) is 8.84. The minimum atomic E-state index is 0.478. The third-order valence-corrected chi connectivity index (χ3v) is 6.05. The van der Waals surface area contributed by atoms with Crippen molar-refractivity contribution in [3.63, 3.8) is 0 Å². The molecular formula is C17H32N2. The zero-order valence-electron chi connectivity index (χ0n) is 12.5. The van der Waals surface area contributed by atoms with Gasteiger partial charge >= 0.3 is 0 Å². The van der Waals surface area contributed by atoms with E-state index < -0.39 is 0 Å². The highest BCUT2D eigenvalue weighted by Crippen LogP contribution is 2.36. The van der Waals surface area contributed by atoms with E-state index >= 15 is 0 Å². The Morgan fingerprint density at radius 1 is 0.789 bits per heavy atom. The standard InChI is InChI=1S/C17H32N2/c18-16-10-3-1-2-8-15(16)13-19-12-6-9-14-7-4-5-11-17(14)19/h14-17H,1-13,18H2. The second kappa shape index (κ2) is 6.58. The summed E-state index contributed by atoms with van der Waals surface area (Å²) in [7, 11) is 0. The molecule has 4 atom stereocenters. The lowest BCUT2D eigenvalue weighted by Crippen LogP contribution is -2.50. The molecule has 0 amide bonds. The molecule has 19 heavy (non-hydrogen) atoms. The summed E-state index contributed by atoms with van der Waals surface area (Å²) in [5, 5.41) is 0. The molecule has 4 unspecified atom stereocenters. The SMILES string of the molecule is NC1CCCCCC1CN1CCCC2CCCCC21. The summed E-state index contributed by atoms with van der Waals surface area (Å²) in [5.74, 6) is 1.80. The first-order valence-electron chi connectivity index (χ1n) is 8.84. The topological polar surface area (TPSA) is 29.3 Å². The van der Waals surface area contributed by atoms with Gasteiger partial charge < -0.3 is 5.73 Å². The maximum absolute atomic E-state index is 6.44. The Bertz CT molecular complexity index is 276. The molecule has 2 saturated carbocycles. The molecule has 110 valence electrons. The molecule has 1 saturated heterocycles. The highest BCUT2D eigenvalue weighted by atomic mass is 15.2. The summed E-state index contributed by atoms with van der Waals surface area (Å²) in [6.45, 7) is 2.66. The van der Waals surface area contributed by atoms with Crippen LogP contribution in [0.15, 0.2) is 0 Å². The van der Waals surface area contributed by atoms with Crippen molar-refractivity contribution in [3.05, 3.63) is 0 Å². The van der Waals surface area contributed by atoms with Crippen LogP contribution in [-0.2, 0) is 0 Å². The lowest BCUT2D eigenvalue weighted by molar-refractivity contribution is 0.0435. The van der Waals surface area contributed by atoms with E-state index in [0.717, 1.165) is 17.9 Å². The number of nitrogens with zero attached hydrogens (tertiary/aromatic N) is 1. The van der Waals surface area contributed by atoms with Crippen LogP contribution in [-0.4, -0.2) is 30.1 Å². The van der Waals surface area contributed by atoms with Crippen LogP contribution in [0.2, 0.25) is 0 Å². The molecule has 3 rings (SSSR count). The summed E-state index contributed by atoms with van der Waals surface area (Å²) in [6.07, 6.45) is 15.7. The molecule has 1 aliphatic heterocycles. The van der Waals surface area contributed by atoms with Gasteiger partial charge in [0.15, 0.2) is 0 Å². The monoisotopic (exact) mass is 264 g/mol. The van der Waals surface area contributed by atoms with E-state index in [1.807, 2.05) is 0 Å². The van der Waals surface area contributed by atoms with Gasteiger partial charge in [0.1, 0.15) is 0 Å². The van der Waals surface area contributed by atoms with Gasteiger partial charge in [-0.05, 0) is 56.9 Å². The molecule has 0 bridgehead atoms. The van der Waals surface area contributed by atoms with Gasteiger partial charge in [-0.1, -0.05) is 32.1 Å². The van der Waals surface area contributed by atoms with Gasteiger partial charge in [-0.3, -0.25) is 4.90 Å². The van der Waals surface area contributed by atoms with Crippen molar-refractivity contribution in [1.82, 2.24) is 4.90 Å². The van der Waals surface area contributed by atoms with Gasteiger partial charge in [0.05, 0.1) is 0 Å². The number of piperidine rings is 1. The second-order valence-corrected chi connectivity index (χ2v) is 7.31. The molecule has 1 heterocycles. The maximum atomic E-state index is 6.44. The van der Waals surface area contributed by atoms with Crippen molar-refractivity contribution >= 4 is 0 Å². The van der Waals surface area contributed by atoms with E-state index in [1.54, 1.807) is 0 Å². The first-order chi connectivity index (χ1) is 9.34. The van der Waals surface area contributed by atoms with Gasteiger partial charge in [0, 0.05) is 18.6 Å². The van der Waals surface area contributed by atoms with E-state index in [-0.39, 0.29) is 0 Å². The summed E-state index contributed by atoms with van der Waals surface area (Å²) in [6, 6.07) is 1.39. The van der Waals surface area contributed by atoms with Crippen molar-refractivity contribution in [3.8, 4) is 0 Å². The summed E-state index contributed by atoms with van der Waals surface area (Å²) in [5.41, 5.74) is 6.44. The van der Waals surface area contributed by atoms with Crippen molar-refractivity contribution in [2.45, 2.75) is 82.7 Å². The Kier molecular flexibility index (Phi) is 4.81. The van der Waals surface area contributed by atoms with Crippen molar-refractivity contribution in [2.75, 3.05) is 13.1 Å². The molecule has 0 radical (unpaired) electrons. The Labute approximate surface area is 119 Å². The van der Waals surface area contributed by atoms with Crippen LogP contribution in [0.5, 0.6) is 0 Å². The fourth-order valence-corrected chi connectivity index (χ4v) is 4.90. The molecule has 0 aromatic rings. The largest absolute Gasteiger partial charge is 0.327 e. The van der Waals surface area contributed by atoms with E-state index in [2.05, 4.69) is 4.90 Å². The van der Waals surface area contributed by atoms with Crippen LogP contribution in [0.3, 0.4) is 0 Å². The minimum absolute atomic E-state index is 0.478. The summed E-state index contributed by atoms with van der Waals surface area (Å²) >= 11 is 0. The van der Waals surface area contributed by atoms with Gasteiger partial charge in [-0.15, -0.1) is 0 Å². The van der Waals surface area contributed by atoms with Crippen LogP contribution >= 0.6 is 0 Å². The lowest BCUT2D eigenvalue weighted by atomic mass is 9.77. The normalized spacial score (nSPS) is 41.5. The number of rotatable bonds is 2. The third-order valence-electron chi connectivity index (χ3n) is 6.05. The number of nitrogens with two attached hydrogens (primary N) is 1. The predicted octanol–water partition coefficient (Wildman–Crippen LogP) is 3.55. The molecule has 2 aliphatic carbocycles. The Hall–Kier alpha value is -0.0800. The number of likely N-dealkylation sites (tertiary alicyclic amines) is 1. The lowest BCUT2D eigenvalue weighted by Gasteiger charge is -2.45. The maximum Gasteiger partial charge on any atom is 0.0124 e. The highest BCUT2D eigenvalue weighted by Gasteiger charge is 2.35. The number of hydrogen-bond donors (Lipinski definition) is 1. The molecular weight excluding hydrogens is 232 g/mol. The Balaban J connectivity index is 1.60. The molecule has 2 N–H and O–H groups in total. The van der Waals surface area contributed by atoms with Gasteiger partial charge in [-0.25, -0.2) is 0 Å². The van der Waals surface area contributed by atoms with Crippen LogP contribution in [0.25, 0.3) is 0 Å². The predicted molar refractivity (Wildman–Crippen MR) is 81.1 cm³/mol. The van der Waals surface area contributed by atoms with Crippen LogP contribution < -0.4 is 5.73 Å². The minimum Gasteiger partial charge on any atom is -0.327 e. The highest BCUT2D eigenvalue weighted by molar-refractivity contribution is 4.89. The number of hydrogen-bond acceptors (Lipinski definition) is 2. The zero-order valence-corrected chi connectivity index (χ0v) is 12.5. The van der Waals surface area contributed by atoms with Crippen LogP contribution in [0.1, 0.15) is 70.6 Å². The fourth-order valence-electron chi connectivity index (χ4n) is 4.90. The van der Waals surface area contributed by atoms with Gasteiger partial charge in [0.25, 0.3) is 0 Å². The van der Waals surface area contributed by atoms with Crippen molar-refractivity contribution in [1.29, 1.82) is 0 Å². The first kappa shape index (κ1) is 13.9. The fraction of sp³-hybridized carbons (Fsp3) is 1.00. The molecule has 0 aromatic heterocycles. The van der Waals surface area contributed by atoms with E-state index in [9.17, 15) is 0 Å². The Morgan fingerprint density at radius 2 is 1.53 bits per heavy atom. The van der Waals surface area contributed by atoms with E-state index in [4.69, 9.17) is 5.73 Å². The average molecular weight is 264 g/mol. The van der Waals surface area contributed by atoms with Gasteiger partial charge in [0.2, 0.25) is 0 Å². The van der Waals surface area contributed by atoms with Crippen LogP contribution in [0, 0.1) is 11.8 Å². The Morgan fingerprint density at radius 3 is 2.47 bits per heavy atom. The molecule has 2 nitrogen and oxygen atoms in total. The third kappa shape index (κ3) is 3.33.